The molecule has 0 saturated carbocycles. The zero-order valence-corrected chi connectivity index (χ0v) is 31.9. The lowest BCUT2D eigenvalue weighted by Gasteiger charge is -2.17. The van der Waals surface area contributed by atoms with Crippen LogP contribution in [-0.4, -0.2) is 9.97 Å². The van der Waals surface area contributed by atoms with Gasteiger partial charge in [-0.15, -0.1) is 11.3 Å². The second kappa shape index (κ2) is 12.6. The van der Waals surface area contributed by atoms with E-state index in [1.165, 1.54) is 26.6 Å². The monoisotopic (exact) mass is 710 g/mol. The summed E-state index contributed by atoms with van der Waals surface area (Å²) in [5.74, 6) is 1.24. The fourth-order valence-electron chi connectivity index (χ4n) is 7.70. The number of thiophene rings is 1. The van der Waals surface area contributed by atoms with Crippen molar-refractivity contribution in [3.8, 4) is 34.1 Å². The van der Waals surface area contributed by atoms with E-state index in [0.29, 0.717) is 11.6 Å². The van der Waals surface area contributed by atoms with Gasteiger partial charge in [-0.25, -0.2) is 4.98 Å². The molecule has 262 valence electrons. The standard InChI is InChI=1S/C48H42N2O2S/c1-47(2,3)27-29-18-20-36-40(22-29)52-45-38(25-31-12-7-8-15-34(31)43(36)45)44-46-37(35-19-17-30(23-41(35)53-46)28-48(4,5)6)26-42(50-44)51-33-14-11-13-32(24-33)39-16-9-10-21-49-39/h7-26H,27-28H2,1-6H3. The molecule has 0 N–H and O–H groups in total. The molecule has 9 aromatic rings. The van der Waals surface area contributed by atoms with E-state index in [1.807, 2.05) is 42.6 Å². The molecule has 0 bridgehead atoms. The molecule has 4 nitrogen and oxygen atoms in total. The van der Waals surface area contributed by atoms with Gasteiger partial charge in [0.05, 0.1) is 16.1 Å². The molecular formula is C48H42N2O2S. The predicted molar refractivity (Wildman–Crippen MR) is 223 cm³/mol. The van der Waals surface area contributed by atoms with Crippen molar-refractivity contribution in [1.82, 2.24) is 9.97 Å². The fraction of sp³-hybridized carbons (Fsp3) is 0.208. The molecule has 0 radical (unpaired) electrons. The zero-order valence-electron chi connectivity index (χ0n) is 31.1. The molecule has 0 saturated heterocycles. The maximum atomic E-state index is 6.94. The summed E-state index contributed by atoms with van der Waals surface area (Å²) in [6.07, 6.45) is 3.79. The van der Waals surface area contributed by atoms with Crippen LogP contribution in [0.5, 0.6) is 11.6 Å². The van der Waals surface area contributed by atoms with Crippen molar-refractivity contribution in [3.05, 3.63) is 133 Å². The summed E-state index contributed by atoms with van der Waals surface area (Å²) in [4.78, 5) is 9.91. The number of hydrogen-bond acceptors (Lipinski definition) is 5. The maximum absolute atomic E-state index is 6.94. The Morgan fingerprint density at radius 1 is 0.660 bits per heavy atom. The Bertz CT molecular complexity index is 2830. The smallest absolute Gasteiger partial charge is 0.220 e. The van der Waals surface area contributed by atoms with Gasteiger partial charge in [-0.05, 0) is 88.0 Å². The molecule has 0 atom stereocenters. The Kier molecular flexibility index (Phi) is 7.90. The highest BCUT2D eigenvalue weighted by molar-refractivity contribution is 7.26. The normalized spacial score (nSPS) is 12.5. The minimum absolute atomic E-state index is 0.165. The molecule has 0 spiro atoms. The highest BCUT2D eigenvalue weighted by atomic mass is 32.1. The molecule has 53 heavy (non-hydrogen) atoms. The Morgan fingerprint density at radius 2 is 1.42 bits per heavy atom. The Labute approximate surface area is 314 Å². The van der Waals surface area contributed by atoms with Gasteiger partial charge in [0.15, 0.2) is 0 Å². The topological polar surface area (TPSA) is 48.2 Å². The second-order valence-corrected chi connectivity index (χ2v) is 17.8. The molecule has 4 heterocycles. The average molecular weight is 711 g/mol. The molecule has 5 heteroatoms. The number of aromatic nitrogens is 2. The molecule has 5 aromatic carbocycles. The number of fused-ring (bicyclic) bond motifs is 8. The van der Waals surface area contributed by atoms with E-state index in [0.717, 1.165) is 72.8 Å². The lowest BCUT2D eigenvalue weighted by Crippen LogP contribution is -2.08. The Hall–Kier alpha value is -5.52. The van der Waals surface area contributed by atoms with Crippen LogP contribution >= 0.6 is 11.3 Å². The van der Waals surface area contributed by atoms with Crippen LogP contribution in [0.2, 0.25) is 0 Å². The van der Waals surface area contributed by atoms with Crippen LogP contribution < -0.4 is 4.74 Å². The molecule has 0 aliphatic rings. The number of pyridine rings is 2. The summed E-state index contributed by atoms with van der Waals surface area (Å²) < 4.78 is 16.0. The van der Waals surface area contributed by atoms with Crippen molar-refractivity contribution in [1.29, 1.82) is 0 Å². The first-order chi connectivity index (χ1) is 25.5. The van der Waals surface area contributed by atoms with Gasteiger partial charge < -0.3 is 9.15 Å². The first-order valence-corrected chi connectivity index (χ1v) is 19.2. The highest BCUT2D eigenvalue weighted by Crippen LogP contribution is 2.47. The van der Waals surface area contributed by atoms with E-state index >= 15 is 0 Å². The zero-order chi connectivity index (χ0) is 36.5. The summed E-state index contributed by atoms with van der Waals surface area (Å²) in [5, 5.41) is 6.88. The van der Waals surface area contributed by atoms with Crippen LogP contribution in [0.15, 0.2) is 126 Å². The van der Waals surface area contributed by atoms with Gasteiger partial charge in [0.2, 0.25) is 5.88 Å². The summed E-state index contributed by atoms with van der Waals surface area (Å²) >= 11 is 1.80. The second-order valence-electron chi connectivity index (χ2n) is 16.7. The first kappa shape index (κ1) is 33.3. The summed E-state index contributed by atoms with van der Waals surface area (Å²) in [6, 6.07) is 40.6. The number of furan rings is 1. The predicted octanol–water partition coefficient (Wildman–Crippen LogP) is 14.2. The average Bonchev–Trinajstić information content (AvgIpc) is 3.68. The van der Waals surface area contributed by atoms with Gasteiger partial charge in [0.1, 0.15) is 16.9 Å². The van der Waals surface area contributed by atoms with Crippen molar-refractivity contribution < 1.29 is 9.15 Å². The van der Waals surface area contributed by atoms with Crippen LogP contribution in [0.4, 0.5) is 0 Å². The molecule has 0 aliphatic heterocycles. The molecule has 4 aromatic heterocycles. The molecule has 0 fully saturated rings. The van der Waals surface area contributed by atoms with Crippen molar-refractivity contribution in [2.75, 3.05) is 0 Å². The maximum Gasteiger partial charge on any atom is 0.220 e. The number of hydrogen-bond donors (Lipinski definition) is 0. The van der Waals surface area contributed by atoms with Gasteiger partial charge in [0.25, 0.3) is 0 Å². The van der Waals surface area contributed by atoms with E-state index in [4.69, 9.17) is 14.1 Å². The third kappa shape index (κ3) is 6.44. The van der Waals surface area contributed by atoms with Crippen LogP contribution in [0.1, 0.15) is 52.7 Å². The minimum atomic E-state index is 0.165. The SMILES string of the molecule is CC(C)(C)Cc1ccc2c(c1)oc1c(-c3nc(Oc4cccc(-c5ccccn5)c4)cc4c3sc3cc(CC(C)(C)C)ccc34)cc3ccccc3c12. The van der Waals surface area contributed by atoms with Crippen LogP contribution in [0, 0.1) is 10.8 Å². The van der Waals surface area contributed by atoms with Crippen molar-refractivity contribution >= 4 is 64.2 Å². The number of benzene rings is 5. The third-order valence-corrected chi connectivity index (χ3v) is 10.9. The largest absolute Gasteiger partial charge is 0.455 e. The van der Waals surface area contributed by atoms with Gasteiger partial charge in [0, 0.05) is 49.6 Å². The lowest BCUT2D eigenvalue weighted by molar-refractivity contribution is 0.411. The van der Waals surface area contributed by atoms with Gasteiger partial charge >= 0.3 is 0 Å². The van der Waals surface area contributed by atoms with Gasteiger partial charge in [-0.2, -0.15) is 0 Å². The van der Waals surface area contributed by atoms with Gasteiger partial charge in [-0.1, -0.05) is 108 Å². The van der Waals surface area contributed by atoms with E-state index in [-0.39, 0.29) is 10.8 Å². The lowest BCUT2D eigenvalue weighted by atomic mass is 9.88. The summed E-state index contributed by atoms with van der Waals surface area (Å²) in [7, 11) is 0. The number of nitrogens with zero attached hydrogens (tertiary/aromatic N) is 2. The molecular weight excluding hydrogens is 669 g/mol. The van der Waals surface area contributed by atoms with Crippen LogP contribution in [0.3, 0.4) is 0 Å². The number of rotatable bonds is 6. The summed E-state index contributed by atoms with van der Waals surface area (Å²) in [5.41, 5.74) is 8.42. The van der Waals surface area contributed by atoms with E-state index in [1.54, 1.807) is 11.3 Å². The quantitative estimate of drug-likeness (QED) is 0.172. The fourth-order valence-corrected chi connectivity index (χ4v) is 8.94. The minimum Gasteiger partial charge on any atom is -0.455 e. The molecule has 0 amide bonds. The van der Waals surface area contributed by atoms with Gasteiger partial charge in [-0.3, -0.25) is 4.98 Å². The van der Waals surface area contributed by atoms with Crippen molar-refractivity contribution in [2.24, 2.45) is 10.8 Å². The van der Waals surface area contributed by atoms with E-state index in [2.05, 4.69) is 125 Å². The molecule has 0 unspecified atom stereocenters. The van der Waals surface area contributed by atoms with Crippen LogP contribution in [0.25, 0.3) is 75.4 Å². The Balaban J connectivity index is 1.29. The molecule has 9 rings (SSSR count). The van der Waals surface area contributed by atoms with E-state index < -0.39 is 0 Å². The summed E-state index contributed by atoms with van der Waals surface area (Å²) in [6.45, 7) is 13.7. The van der Waals surface area contributed by atoms with E-state index in [9.17, 15) is 0 Å². The first-order valence-electron chi connectivity index (χ1n) is 18.4. The third-order valence-electron chi connectivity index (χ3n) is 9.77. The highest BCUT2D eigenvalue weighted by Gasteiger charge is 2.23. The number of ether oxygens (including phenoxy) is 1. The van der Waals surface area contributed by atoms with Crippen molar-refractivity contribution in [2.45, 2.75) is 54.4 Å². The Morgan fingerprint density at radius 3 is 2.19 bits per heavy atom. The van der Waals surface area contributed by atoms with Crippen LogP contribution in [-0.2, 0) is 12.8 Å². The molecule has 0 aliphatic carbocycles. The van der Waals surface area contributed by atoms with Crippen molar-refractivity contribution in [3.63, 3.8) is 0 Å².